The summed E-state index contributed by atoms with van der Waals surface area (Å²) in [6, 6.07) is 15.0. The summed E-state index contributed by atoms with van der Waals surface area (Å²) in [5.41, 5.74) is 7.90. The third-order valence-electron chi connectivity index (χ3n) is 5.81. The minimum Gasteiger partial charge on any atom is -0.381 e. The van der Waals surface area contributed by atoms with Crippen LogP contribution in [0, 0.1) is 0 Å². The first-order valence-corrected chi connectivity index (χ1v) is 9.99. The number of hydrogen-bond acceptors (Lipinski definition) is 3. The van der Waals surface area contributed by atoms with Crippen molar-refractivity contribution in [2.75, 3.05) is 5.32 Å². The van der Waals surface area contributed by atoms with Crippen molar-refractivity contribution in [3.63, 3.8) is 0 Å². The normalized spacial score (nSPS) is 16.5. The van der Waals surface area contributed by atoms with Gasteiger partial charge in [0.1, 0.15) is 5.78 Å². The van der Waals surface area contributed by atoms with E-state index < -0.39 is 0 Å². The lowest BCUT2D eigenvalue weighted by Gasteiger charge is -2.18. The van der Waals surface area contributed by atoms with Crippen molar-refractivity contribution in [3.8, 4) is 22.4 Å². The number of ketones is 1. The number of hydrogen-bond donors (Lipinski definition) is 1. The van der Waals surface area contributed by atoms with E-state index in [1.54, 1.807) is 0 Å². The SMILES string of the molecule is C[C@@H]1CC(=O)Cc2cccc(-c3cc4cccc(-c5cnn(C)c5)c4n3C)c2N1. The fraction of sp³-hybridized carbons (Fsp3) is 0.250. The predicted molar refractivity (Wildman–Crippen MR) is 117 cm³/mol. The predicted octanol–water partition coefficient (Wildman–Crippen LogP) is 4.56. The van der Waals surface area contributed by atoms with Crippen LogP contribution in [0.15, 0.2) is 54.9 Å². The molecule has 2 aromatic carbocycles. The maximum Gasteiger partial charge on any atom is 0.139 e. The van der Waals surface area contributed by atoms with E-state index in [2.05, 4.69) is 71.4 Å². The number of aromatic nitrogens is 3. The van der Waals surface area contributed by atoms with Crippen LogP contribution in [-0.2, 0) is 25.3 Å². The Labute approximate surface area is 170 Å². The van der Waals surface area contributed by atoms with Gasteiger partial charge in [-0.2, -0.15) is 5.10 Å². The highest BCUT2D eigenvalue weighted by molar-refractivity contribution is 5.99. The summed E-state index contributed by atoms with van der Waals surface area (Å²) in [7, 11) is 4.05. The molecule has 1 N–H and O–H groups in total. The highest BCUT2D eigenvalue weighted by Gasteiger charge is 2.22. The van der Waals surface area contributed by atoms with Gasteiger partial charge in [-0.15, -0.1) is 0 Å². The van der Waals surface area contributed by atoms with Crippen molar-refractivity contribution in [2.24, 2.45) is 14.1 Å². The molecule has 0 radical (unpaired) electrons. The molecule has 0 spiro atoms. The number of fused-ring (bicyclic) bond motifs is 2. The van der Waals surface area contributed by atoms with E-state index in [0.29, 0.717) is 12.8 Å². The number of benzene rings is 2. The molecule has 4 aromatic rings. The van der Waals surface area contributed by atoms with Crippen LogP contribution in [0.5, 0.6) is 0 Å². The zero-order valence-corrected chi connectivity index (χ0v) is 16.9. The minimum atomic E-state index is 0.130. The summed E-state index contributed by atoms with van der Waals surface area (Å²) in [5.74, 6) is 0.289. The Morgan fingerprint density at radius 2 is 1.90 bits per heavy atom. The van der Waals surface area contributed by atoms with Gasteiger partial charge < -0.3 is 9.88 Å². The molecule has 1 atom stereocenters. The van der Waals surface area contributed by atoms with E-state index in [9.17, 15) is 4.79 Å². The second-order valence-corrected chi connectivity index (χ2v) is 8.04. The second-order valence-electron chi connectivity index (χ2n) is 8.04. The first-order valence-electron chi connectivity index (χ1n) is 9.99. The van der Waals surface area contributed by atoms with Gasteiger partial charge in [0.15, 0.2) is 0 Å². The number of carbonyl (C=O) groups is 1. The molecular formula is C24H24N4O. The second kappa shape index (κ2) is 6.62. The van der Waals surface area contributed by atoms with Crippen LogP contribution >= 0.6 is 0 Å². The molecule has 5 rings (SSSR count). The van der Waals surface area contributed by atoms with Gasteiger partial charge in [0.2, 0.25) is 0 Å². The Morgan fingerprint density at radius 1 is 1.10 bits per heavy atom. The standard InChI is InChI=1S/C24H24N4O/c1-15-10-19(29)11-16-6-4-9-21(23(16)26-15)22-12-17-7-5-8-20(24(17)28(22)3)18-13-25-27(2)14-18/h4-9,12-15,26H,10-11H2,1-3H3/t15-/m1/s1. The Bertz CT molecular complexity index is 1250. The molecule has 5 heteroatoms. The lowest BCUT2D eigenvalue weighted by molar-refractivity contribution is -0.118. The number of carbonyl (C=O) groups excluding carboxylic acids is 1. The van der Waals surface area contributed by atoms with E-state index in [4.69, 9.17) is 0 Å². The van der Waals surface area contributed by atoms with Gasteiger partial charge in [-0.25, -0.2) is 0 Å². The Kier molecular flexibility index (Phi) is 4.05. The van der Waals surface area contributed by atoms with E-state index >= 15 is 0 Å². The number of nitrogens with zero attached hydrogens (tertiary/aromatic N) is 3. The lowest BCUT2D eigenvalue weighted by Crippen LogP contribution is -2.17. The zero-order valence-electron chi connectivity index (χ0n) is 16.9. The monoisotopic (exact) mass is 384 g/mol. The molecular weight excluding hydrogens is 360 g/mol. The molecule has 3 heterocycles. The first-order chi connectivity index (χ1) is 14.0. The third-order valence-corrected chi connectivity index (χ3v) is 5.81. The van der Waals surface area contributed by atoms with Gasteiger partial charge in [0, 0.05) is 66.9 Å². The van der Waals surface area contributed by atoms with Crippen molar-refractivity contribution in [1.29, 1.82) is 0 Å². The van der Waals surface area contributed by atoms with Crippen molar-refractivity contribution < 1.29 is 4.79 Å². The number of nitrogens with one attached hydrogen (secondary N) is 1. The molecule has 2 aromatic heterocycles. The molecule has 0 saturated carbocycles. The smallest absolute Gasteiger partial charge is 0.139 e. The van der Waals surface area contributed by atoms with Gasteiger partial charge in [0.05, 0.1) is 17.4 Å². The number of para-hydroxylation sites is 2. The van der Waals surface area contributed by atoms with E-state index in [1.807, 2.05) is 24.1 Å². The van der Waals surface area contributed by atoms with Gasteiger partial charge in [0.25, 0.3) is 0 Å². The molecule has 0 bridgehead atoms. The number of rotatable bonds is 2. The van der Waals surface area contributed by atoms with Gasteiger partial charge >= 0.3 is 0 Å². The molecule has 1 aliphatic rings. The number of aryl methyl sites for hydroxylation is 2. The van der Waals surface area contributed by atoms with Gasteiger partial charge in [-0.1, -0.05) is 36.4 Å². The summed E-state index contributed by atoms with van der Waals surface area (Å²) in [5, 5.41) is 9.13. The fourth-order valence-corrected chi connectivity index (χ4v) is 4.52. The van der Waals surface area contributed by atoms with Gasteiger partial charge in [-0.3, -0.25) is 9.48 Å². The molecule has 29 heavy (non-hydrogen) atoms. The van der Waals surface area contributed by atoms with Crippen LogP contribution in [0.4, 0.5) is 5.69 Å². The lowest BCUT2D eigenvalue weighted by atomic mass is 10.0. The van der Waals surface area contributed by atoms with Crippen LogP contribution < -0.4 is 5.32 Å². The van der Waals surface area contributed by atoms with E-state index in [-0.39, 0.29) is 11.8 Å². The van der Waals surface area contributed by atoms with Crippen LogP contribution in [-0.4, -0.2) is 26.2 Å². The maximum absolute atomic E-state index is 12.3. The maximum atomic E-state index is 12.3. The van der Waals surface area contributed by atoms with Gasteiger partial charge in [-0.05, 0) is 18.6 Å². The van der Waals surface area contributed by atoms with Crippen molar-refractivity contribution in [3.05, 3.63) is 60.4 Å². The summed E-state index contributed by atoms with van der Waals surface area (Å²) in [6.45, 7) is 2.08. The number of Topliss-reactive ketones (excluding diaryl/α,β-unsaturated/α-hetero) is 1. The molecule has 0 unspecified atom stereocenters. The Morgan fingerprint density at radius 3 is 2.69 bits per heavy atom. The highest BCUT2D eigenvalue weighted by atomic mass is 16.1. The minimum absolute atomic E-state index is 0.130. The van der Waals surface area contributed by atoms with Crippen molar-refractivity contribution >= 4 is 22.4 Å². The van der Waals surface area contributed by atoms with Crippen LogP contribution in [0.2, 0.25) is 0 Å². The summed E-state index contributed by atoms with van der Waals surface area (Å²) in [4.78, 5) is 12.3. The van der Waals surface area contributed by atoms with Crippen molar-refractivity contribution in [1.82, 2.24) is 14.3 Å². The molecule has 0 fully saturated rings. The average molecular weight is 384 g/mol. The largest absolute Gasteiger partial charge is 0.381 e. The quantitative estimate of drug-likeness (QED) is 0.551. The Hall–Kier alpha value is -3.34. The molecule has 0 aliphatic carbocycles. The first kappa shape index (κ1) is 17.7. The highest BCUT2D eigenvalue weighted by Crippen LogP contribution is 2.39. The molecule has 0 saturated heterocycles. The third kappa shape index (κ3) is 2.94. The van der Waals surface area contributed by atoms with Crippen LogP contribution in [0.1, 0.15) is 18.9 Å². The van der Waals surface area contributed by atoms with Crippen LogP contribution in [0.3, 0.4) is 0 Å². The zero-order chi connectivity index (χ0) is 20.1. The van der Waals surface area contributed by atoms with E-state index in [1.165, 1.54) is 16.5 Å². The fourth-order valence-electron chi connectivity index (χ4n) is 4.52. The molecule has 0 amide bonds. The summed E-state index contributed by atoms with van der Waals surface area (Å²) in [6.07, 6.45) is 5.01. The molecule has 5 nitrogen and oxygen atoms in total. The molecule has 146 valence electrons. The summed E-state index contributed by atoms with van der Waals surface area (Å²) < 4.78 is 4.09. The topological polar surface area (TPSA) is 51.9 Å². The van der Waals surface area contributed by atoms with Crippen LogP contribution in [0.25, 0.3) is 33.3 Å². The van der Waals surface area contributed by atoms with Crippen molar-refractivity contribution in [2.45, 2.75) is 25.8 Å². The number of anilines is 1. The average Bonchev–Trinajstić information content (AvgIpc) is 3.22. The Balaban J connectivity index is 1.73. The van der Waals surface area contributed by atoms with E-state index in [0.717, 1.165) is 28.1 Å². The summed E-state index contributed by atoms with van der Waals surface area (Å²) >= 11 is 0. The molecule has 1 aliphatic heterocycles.